The number of carbonyl (C=O) groups excluding carboxylic acids is 1. The molecule has 26 heavy (non-hydrogen) atoms. The Balaban J connectivity index is 2.04. The summed E-state index contributed by atoms with van der Waals surface area (Å²) in [6.45, 7) is 2.30. The summed E-state index contributed by atoms with van der Waals surface area (Å²) >= 11 is 0. The van der Waals surface area contributed by atoms with Crippen molar-refractivity contribution in [1.82, 2.24) is 20.0 Å². The lowest BCUT2D eigenvalue weighted by molar-refractivity contribution is 0.0954. The van der Waals surface area contributed by atoms with Gasteiger partial charge in [0, 0.05) is 50.1 Å². The molecule has 0 spiro atoms. The highest BCUT2D eigenvalue weighted by molar-refractivity contribution is 7.88. The summed E-state index contributed by atoms with van der Waals surface area (Å²) in [5.74, 6) is 1.16. The number of amides is 1. The number of hydrogen-bond acceptors (Lipinski definition) is 6. The first-order valence-electron chi connectivity index (χ1n) is 8.01. The Morgan fingerprint density at radius 1 is 1.15 bits per heavy atom. The molecule has 2 N–H and O–H groups in total. The Morgan fingerprint density at radius 3 is 2.38 bits per heavy atom. The molecule has 1 heterocycles. The Kier molecular flexibility index (Phi) is 6.27. The molecule has 0 fully saturated rings. The third kappa shape index (κ3) is 5.50. The van der Waals surface area contributed by atoms with E-state index in [1.54, 1.807) is 30.5 Å². The molecule has 0 aliphatic heterocycles. The first-order valence-corrected chi connectivity index (χ1v) is 9.91. The lowest BCUT2D eigenvalue weighted by atomic mass is 10.1. The van der Waals surface area contributed by atoms with Crippen LogP contribution in [0, 0.1) is 6.92 Å². The minimum atomic E-state index is -3.25. The summed E-state index contributed by atoms with van der Waals surface area (Å²) < 4.78 is 24.2. The summed E-state index contributed by atoms with van der Waals surface area (Å²) in [4.78, 5) is 22.9. The molecule has 1 aromatic carbocycles. The quantitative estimate of drug-likeness (QED) is 0.692. The van der Waals surface area contributed by atoms with E-state index in [4.69, 9.17) is 0 Å². The van der Waals surface area contributed by atoms with Gasteiger partial charge in [0.1, 0.15) is 5.82 Å². The van der Waals surface area contributed by atoms with Crippen LogP contribution in [0.2, 0.25) is 0 Å². The molecular weight excluding hydrogens is 354 g/mol. The highest BCUT2D eigenvalue weighted by atomic mass is 32.2. The number of aromatic nitrogens is 2. The van der Waals surface area contributed by atoms with Crippen LogP contribution < -0.4 is 14.9 Å². The molecule has 2 aromatic rings. The second-order valence-corrected chi connectivity index (χ2v) is 7.93. The smallest absolute Gasteiger partial charge is 0.251 e. The molecule has 0 bridgehead atoms. The predicted octanol–water partition coefficient (Wildman–Crippen LogP) is 0.797. The van der Waals surface area contributed by atoms with E-state index in [9.17, 15) is 13.2 Å². The van der Waals surface area contributed by atoms with Gasteiger partial charge in [0.2, 0.25) is 10.0 Å². The van der Waals surface area contributed by atoms with Crippen molar-refractivity contribution < 1.29 is 13.2 Å². The Hall–Kier alpha value is -2.52. The molecule has 0 radical (unpaired) electrons. The third-order valence-electron chi connectivity index (χ3n) is 3.55. The Labute approximate surface area is 153 Å². The van der Waals surface area contributed by atoms with Gasteiger partial charge in [-0.1, -0.05) is 12.1 Å². The average molecular weight is 377 g/mol. The molecule has 140 valence electrons. The largest absolute Gasteiger partial charge is 0.362 e. The van der Waals surface area contributed by atoms with Gasteiger partial charge in [-0.3, -0.25) is 4.79 Å². The van der Waals surface area contributed by atoms with Crippen LogP contribution in [0.5, 0.6) is 0 Å². The zero-order valence-corrected chi connectivity index (χ0v) is 16.1. The summed E-state index contributed by atoms with van der Waals surface area (Å²) in [6, 6.07) is 6.95. The number of carbonyl (C=O) groups is 1. The van der Waals surface area contributed by atoms with Crippen LogP contribution in [-0.2, 0) is 10.0 Å². The SMILES string of the molecule is Cc1cnc(-c2ccc(C(=O)NCCNS(C)(=O)=O)cc2)nc1N(C)C. The topological polar surface area (TPSA) is 104 Å². The van der Waals surface area contributed by atoms with Crippen molar-refractivity contribution in [3.05, 3.63) is 41.6 Å². The van der Waals surface area contributed by atoms with Gasteiger partial charge in [0.15, 0.2) is 5.82 Å². The standard InChI is InChI=1S/C17H23N5O3S/c1-12-11-19-15(21-16(12)22(2)3)13-5-7-14(8-6-13)17(23)18-9-10-20-26(4,24)25/h5-8,11,20H,9-10H2,1-4H3,(H,18,23). The number of rotatable bonds is 7. The number of hydrogen-bond donors (Lipinski definition) is 2. The lowest BCUT2D eigenvalue weighted by Crippen LogP contribution is -2.34. The molecule has 1 aromatic heterocycles. The van der Waals surface area contributed by atoms with Gasteiger partial charge in [-0.15, -0.1) is 0 Å². The van der Waals surface area contributed by atoms with Crippen LogP contribution in [0.1, 0.15) is 15.9 Å². The van der Waals surface area contributed by atoms with Crippen LogP contribution in [0.25, 0.3) is 11.4 Å². The van der Waals surface area contributed by atoms with Crippen LogP contribution in [0.3, 0.4) is 0 Å². The van der Waals surface area contributed by atoms with E-state index in [1.165, 1.54) is 0 Å². The Bertz CT molecular complexity index is 880. The number of nitrogens with zero attached hydrogens (tertiary/aromatic N) is 3. The van der Waals surface area contributed by atoms with Gasteiger partial charge < -0.3 is 10.2 Å². The fraction of sp³-hybridized carbons (Fsp3) is 0.353. The van der Waals surface area contributed by atoms with Crippen molar-refractivity contribution in [2.24, 2.45) is 0 Å². The van der Waals surface area contributed by atoms with Gasteiger partial charge in [-0.25, -0.2) is 23.1 Å². The second-order valence-electron chi connectivity index (χ2n) is 6.09. The first-order chi connectivity index (χ1) is 12.2. The summed E-state index contributed by atoms with van der Waals surface area (Å²) in [6.07, 6.45) is 2.84. The summed E-state index contributed by atoms with van der Waals surface area (Å²) in [7, 11) is 0.589. The van der Waals surface area contributed by atoms with Gasteiger partial charge in [-0.2, -0.15) is 0 Å². The van der Waals surface area contributed by atoms with E-state index in [0.717, 1.165) is 23.2 Å². The molecule has 0 saturated carbocycles. The van der Waals surface area contributed by atoms with Gasteiger partial charge >= 0.3 is 0 Å². The minimum Gasteiger partial charge on any atom is -0.362 e. The van der Waals surface area contributed by atoms with Crippen molar-refractivity contribution in [2.75, 3.05) is 38.3 Å². The summed E-state index contributed by atoms with van der Waals surface area (Å²) in [5, 5.41) is 2.66. The van der Waals surface area contributed by atoms with E-state index < -0.39 is 10.0 Å². The van der Waals surface area contributed by atoms with Crippen molar-refractivity contribution in [3.63, 3.8) is 0 Å². The van der Waals surface area contributed by atoms with Crippen LogP contribution in [0.15, 0.2) is 30.5 Å². The molecule has 9 heteroatoms. The molecule has 0 aliphatic carbocycles. The molecule has 8 nitrogen and oxygen atoms in total. The van der Waals surface area contributed by atoms with Crippen molar-refractivity contribution in [3.8, 4) is 11.4 Å². The monoisotopic (exact) mass is 377 g/mol. The van der Waals surface area contributed by atoms with Crippen molar-refractivity contribution in [2.45, 2.75) is 6.92 Å². The second kappa shape index (κ2) is 8.24. The lowest BCUT2D eigenvalue weighted by Gasteiger charge is -2.14. The first kappa shape index (κ1) is 19.8. The van der Waals surface area contributed by atoms with E-state index in [1.807, 2.05) is 25.9 Å². The Morgan fingerprint density at radius 2 is 1.81 bits per heavy atom. The van der Waals surface area contributed by atoms with Gasteiger partial charge in [0.25, 0.3) is 5.91 Å². The maximum Gasteiger partial charge on any atom is 0.251 e. The zero-order valence-electron chi connectivity index (χ0n) is 15.3. The average Bonchev–Trinajstić information content (AvgIpc) is 2.58. The highest BCUT2D eigenvalue weighted by Gasteiger charge is 2.10. The van der Waals surface area contributed by atoms with E-state index in [-0.39, 0.29) is 19.0 Å². The summed E-state index contributed by atoms with van der Waals surface area (Å²) in [5.41, 5.74) is 2.27. The third-order valence-corrected chi connectivity index (χ3v) is 4.28. The van der Waals surface area contributed by atoms with Gasteiger partial charge in [-0.05, 0) is 19.1 Å². The van der Waals surface area contributed by atoms with Crippen LogP contribution >= 0.6 is 0 Å². The fourth-order valence-electron chi connectivity index (χ4n) is 2.31. The molecule has 0 unspecified atom stereocenters. The maximum atomic E-state index is 12.1. The molecule has 0 saturated heterocycles. The number of sulfonamides is 1. The molecule has 2 rings (SSSR count). The highest BCUT2D eigenvalue weighted by Crippen LogP contribution is 2.20. The number of nitrogens with one attached hydrogen (secondary N) is 2. The zero-order chi connectivity index (χ0) is 19.3. The molecule has 1 amide bonds. The number of benzene rings is 1. The molecular formula is C17H23N5O3S. The fourth-order valence-corrected chi connectivity index (χ4v) is 2.78. The normalized spacial score (nSPS) is 11.2. The molecule has 0 aliphatic rings. The van der Waals surface area contributed by atoms with Crippen molar-refractivity contribution >= 4 is 21.7 Å². The van der Waals surface area contributed by atoms with E-state index in [0.29, 0.717) is 11.4 Å². The van der Waals surface area contributed by atoms with E-state index in [2.05, 4.69) is 20.0 Å². The molecule has 0 atom stereocenters. The predicted molar refractivity (Wildman–Crippen MR) is 102 cm³/mol. The maximum absolute atomic E-state index is 12.1. The number of anilines is 1. The van der Waals surface area contributed by atoms with Crippen molar-refractivity contribution in [1.29, 1.82) is 0 Å². The van der Waals surface area contributed by atoms with Crippen LogP contribution in [-0.4, -0.2) is 57.7 Å². The van der Waals surface area contributed by atoms with E-state index >= 15 is 0 Å². The van der Waals surface area contributed by atoms with Gasteiger partial charge in [0.05, 0.1) is 6.26 Å². The minimum absolute atomic E-state index is 0.146. The number of aryl methyl sites for hydroxylation is 1. The van der Waals surface area contributed by atoms with Crippen LogP contribution in [0.4, 0.5) is 5.82 Å².